The number of rotatable bonds is 26. The molecule has 0 fully saturated rings. The van der Waals surface area contributed by atoms with Gasteiger partial charge in [-0.05, 0) is 37.0 Å². The quantitative estimate of drug-likeness (QED) is 0.0387. The number of esters is 1. The SMILES string of the molecule is C=CCCCC(=O)Oc1ccc(CO[PH](=O)OCCCCCCCCCCCCCCCCCC)cc1. The molecule has 0 radical (unpaired) electrons. The summed E-state index contributed by atoms with van der Waals surface area (Å²) in [7, 11) is -2.49. The van der Waals surface area contributed by atoms with Crippen LogP contribution in [0.15, 0.2) is 36.9 Å². The number of hydrogen-bond donors (Lipinski definition) is 0. The second-order valence-corrected chi connectivity index (χ2v) is 11.1. The predicted molar refractivity (Wildman–Crippen MR) is 155 cm³/mol. The minimum atomic E-state index is -2.49. The zero-order valence-corrected chi connectivity index (χ0v) is 24.5. The van der Waals surface area contributed by atoms with Crippen molar-refractivity contribution in [2.45, 2.75) is 136 Å². The minimum absolute atomic E-state index is 0.213. The Morgan fingerprint density at radius 3 is 1.78 bits per heavy atom. The Hall–Kier alpha value is -1.42. The Labute approximate surface area is 227 Å². The number of unbranched alkanes of at least 4 members (excludes halogenated alkanes) is 16. The van der Waals surface area contributed by atoms with Gasteiger partial charge in [0.05, 0.1) is 13.2 Å². The van der Waals surface area contributed by atoms with E-state index in [1.54, 1.807) is 30.3 Å². The highest BCUT2D eigenvalue weighted by atomic mass is 31.1. The Bertz CT molecular complexity index is 704. The normalized spacial score (nSPS) is 11.9. The molecule has 1 atom stereocenters. The van der Waals surface area contributed by atoms with Crippen LogP contribution < -0.4 is 4.74 Å². The highest BCUT2D eigenvalue weighted by Crippen LogP contribution is 2.27. The molecule has 1 unspecified atom stereocenters. The summed E-state index contributed by atoms with van der Waals surface area (Å²) in [4.78, 5) is 11.7. The molecule has 6 heteroatoms. The van der Waals surface area contributed by atoms with E-state index in [-0.39, 0.29) is 12.6 Å². The molecule has 0 amide bonds. The average molecular weight is 537 g/mol. The summed E-state index contributed by atoms with van der Waals surface area (Å²) in [5.41, 5.74) is 0.857. The molecule has 0 saturated carbocycles. The van der Waals surface area contributed by atoms with Crippen molar-refractivity contribution in [3.63, 3.8) is 0 Å². The van der Waals surface area contributed by atoms with Gasteiger partial charge in [0, 0.05) is 6.42 Å². The molecule has 0 aliphatic heterocycles. The Kier molecular flexibility index (Phi) is 22.6. The summed E-state index contributed by atoms with van der Waals surface area (Å²) < 4.78 is 28.0. The Morgan fingerprint density at radius 2 is 1.27 bits per heavy atom. The number of allylic oxidation sites excluding steroid dienone is 1. The van der Waals surface area contributed by atoms with Crippen LogP contribution in [0.5, 0.6) is 5.75 Å². The monoisotopic (exact) mass is 536 g/mol. The van der Waals surface area contributed by atoms with Crippen LogP contribution in [0.4, 0.5) is 0 Å². The minimum Gasteiger partial charge on any atom is -0.427 e. The van der Waals surface area contributed by atoms with E-state index in [1.807, 2.05) is 0 Å². The van der Waals surface area contributed by atoms with Gasteiger partial charge in [0.1, 0.15) is 5.75 Å². The number of hydrogen-bond acceptors (Lipinski definition) is 5. The van der Waals surface area contributed by atoms with Gasteiger partial charge < -0.3 is 13.8 Å². The molecule has 1 aromatic rings. The van der Waals surface area contributed by atoms with Crippen molar-refractivity contribution in [2.75, 3.05) is 6.61 Å². The zero-order valence-electron chi connectivity index (χ0n) is 23.5. The van der Waals surface area contributed by atoms with E-state index >= 15 is 0 Å². The lowest BCUT2D eigenvalue weighted by Crippen LogP contribution is -2.07. The van der Waals surface area contributed by atoms with Gasteiger partial charge in [-0.25, -0.2) is 0 Å². The molecule has 5 nitrogen and oxygen atoms in total. The number of ether oxygens (including phenoxy) is 1. The lowest BCUT2D eigenvalue weighted by molar-refractivity contribution is -0.134. The third-order valence-electron chi connectivity index (χ3n) is 6.52. The number of carbonyl (C=O) groups is 1. The van der Waals surface area contributed by atoms with Crippen LogP contribution in [-0.2, 0) is 25.0 Å². The molecule has 0 heterocycles. The number of benzene rings is 1. The molecule has 0 aliphatic carbocycles. The first-order chi connectivity index (χ1) is 18.2. The topological polar surface area (TPSA) is 61.8 Å². The zero-order chi connectivity index (χ0) is 26.8. The first-order valence-electron chi connectivity index (χ1n) is 14.9. The molecule has 0 aliphatic rings. The maximum atomic E-state index is 12.0. The van der Waals surface area contributed by atoms with E-state index in [9.17, 15) is 9.36 Å². The van der Waals surface area contributed by atoms with Gasteiger partial charge >= 0.3 is 14.2 Å². The second-order valence-electron chi connectivity index (χ2n) is 9.99. The molecule has 0 bridgehead atoms. The molecular weight excluding hydrogens is 483 g/mol. The van der Waals surface area contributed by atoms with Crippen molar-refractivity contribution in [1.82, 2.24) is 0 Å². The molecule has 0 saturated heterocycles. The van der Waals surface area contributed by atoms with E-state index in [0.717, 1.165) is 31.2 Å². The fraction of sp³-hybridized carbons (Fsp3) is 0.710. The van der Waals surface area contributed by atoms with Crippen LogP contribution in [-0.4, -0.2) is 12.6 Å². The maximum Gasteiger partial charge on any atom is 0.319 e. The van der Waals surface area contributed by atoms with Crippen molar-refractivity contribution >= 4 is 14.2 Å². The van der Waals surface area contributed by atoms with E-state index in [1.165, 1.54) is 89.9 Å². The lowest BCUT2D eigenvalue weighted by Gasteiger charge is -2.07. The molecule has 0 aromatic heterocycles. The summed E-state index contributed by atoms with van der Waals surface area (Å²) in [6.07, 6.45) is 24.9. The van der Waals surface area contributed by atoms with Crippen LogP contribution in [0.3, 0.4) is 0 Å². The van der Waals surface area contributed by atoms with Crippen molar-refractivity contribution in [2.24, 2.45) is 0 Å². The van der Waals surface area contributed by atoms with Gasteiger partial charge in [0.15, 0.2) is 0 Å². The molecule has 0 spiro atoms. The molecule has 1 aromatic carbocycles. The van der Waals surface area contributed by atoms with Crippen molar-refractivity contribution < 1.29 is 23.1 Å². The van der Waals surface area contributed by atoms with E-state index in [2.05, 4.69) is 13.5 Å². The van der Waals surface area contributed by atoms with Gasteiger partial charge in [-0.3, -0.25) is 9.36 Å². The fourth-order valence-corrected chi connectivity index (χ4v) is 4.90. The van der Waals surface area contributed by atoms with Crippen molar-refractivity contribution in [3.05, 3.63) is 42.5 Å². The van der Waals surface area contributed by atoms with Crippen LogP contribution in [0.25, 0.3) is 0 Å². The third kappa shape index (κ3) is 21.2. The smallest absolute Gasteiger partial charge is 0.319 e. The highest BCUT2D eigenvalue weighted by Gasteiger charge is 2.06. The molecule has 0 N–H and O–H groups in total. The average Bonchev–Trinajstić information content (AvgIpc) is 2.90. The standard InChI is InChI=1S/C31H53O5P/c1-3-5-7-8-9-10-11-12-13-14-15-16-17-18-19-21-27-34-37(33)35-28-29-23-25-30(26-24-29)36-31(32)22-20-6-4-2/h4,23-26,37H,2-3,5-22,27-28H2,1H3. The molecule has 37 heavy (non-hydrogen) atoms. The largest absolute Gasteiger partial charge is 0.427 e. The van der Waals surface area contributed by atoms with E-state index in [0.29, 0.717) is 18.8 Å². The second kappa shape index (κ2) is 24.9. The molecular formula is C31H53O5P. The van der Waals surface area contributed by atoms with E-state index in [4.69, 9.17) is 13.8 Å². The van der Waals surface area contributed by atoms with Crippen LogP contribution >= 0.6 is 8.25 Å². The first kappa shape index (κ1) is 33.6. The van der Waals surface area contributed by atoms with Gasteiger partial charge in [-0.2, -0.15) is 0 Å². The fourth-order valence-electron chi connectivity index (χ4n) is 4.22. The highest BCUT2D eigenvalue weighted by molar-refractivity contribution is 7.33. The Balaban J connectivity index is 1.90. The van der Waals surface area contributed by atoms with Gasteiger partial charge in [0.2, 0.25) is 0 Å². The van der Waals surface area contributed by atoms with Gasteiger partial charge in [0.25, 0.3) is 0 Å². The number of carbonyl (C=O) groups excluding carboxylic acids is 1. The third-order valence-corrected chi connectivity index (χ3v) is 7.34. The van der Waals surface area contributed by atoms with Crippen molar-refractivity contribution in [1.29, 1.82) is 0 Å². The van der Waals surface area contributed by atoms with Gasteiger partial charge in [-0.1, -0.05) is 121 Å². The van der Waals surface area contributed by atoms with Crippen molar-refractivity contribution in [3.8, 4) is 5.75 Å². The predicted octanol–water partition coefficient (Wildman–Crippen LogP) is 10.1. The summed E-state index contributed by atoms with van der Waals surface area (Å²) in [5.74, 6) is 0.248. The molecule has 1 rings (SSSR count). The summed E-state index contributed by atoms with van der Waals surface area (Å²) in [6, 6.07) is 7.05. The van der Waals surface area contributed by atoms with E-state index < -0.39 is 8.25 Å². The maximum absolute atomic E-state index is 12.0. The van der Waals surface area contributed by atoms with Crippen LogP contribution in [0.2, 0.25) is 0 Å². The lowest BCUT2D eigenvalue weighted by atomic mass is 10.0. The van der Waals surface area contributed by atoms with Crippen LogP contribution in [0.1, 0.15) is 134 Å². The van der Waals surface area contributed by atoms with Crippen LogP contribution in [0, 0.1) is 0 Å². The first-order valence-corrected chi connectivity index (χ1v) is 16.1. The summed E-state index contributed by atoms with van der Waals surface area (Å²) in [5, 5.41) is 0. The van der Waals surface area contributed by atoms with Gasteiger partial charge in [-0.15, -0.1) is 6.58 Å². The summed E-state index contributed by atoms with van der Waals surface area (Å²) >= 11 is 0. The summed E-state index contributed by atoms with van der Waals surface area (Å²) in [6.45, 7) is 6.61. The molecule has 212 valence electrons. The Morgan fingerprint density at radius 1 is 0.757 bits per heavy atom.